The molecule has 6 heteroatoms. The Kier molecular flexibility index (Phi) is 5.68. The molecule has 0 spiro atoms. The minimum Gasteiger partial charge on any atom is -0.458 e. The summed E-state index contributed by atoms with van der Waals surface area (Å²) in [6, 6.07) is 9.64. The van der Waals surface area contributed by atoms with Crippen molar-refractivity contribution in [3.8, 4) is 0 Å². The van der Waals surface area contributed by atoms with Crippen LogP contribution in [0, 0.1) is 0 Å². The summed E-state index contributed by atoms with van der Waals surface area (Å²) >= 11 is 0. The van der Waals surface area contributed by atoms with Gasteiger partial charge in [-0.3, -0.25) is 9.36 Å². The molecule has 0 saturated carbocycles. The van der Waals surface area contributed by atoms with E-state index in [4.69, 9.17) is 4.74 Å². The van der Waals surface area contributed by atoms with Gasteiger partial charge in [-0.25, -0.2) is 9.59 Å². The van der Waals surface area contributed by atoms with Gasteiger partial charge in [0, 0.05) is 26.4 Å². The Balaban J connectivity index is 1.95. The molecule has 0 amide bonds. The van der Waals surface area contributed by atoms with Crippen LogP contribution in [0.3, 0.4) is 0 Å². The van der Waals surface area contributed by atoms with Gasteiger partial charge in [-0.2, -0.15) is 0 Å². The minimum absolute atomic E-state index is 0.128. The van der Waals surface area contributed by atoms with Crippen LogP contribution in [0.5, 0.6) is 0 Å². The molecule has 0 saturated heterocycles. The van der Waals surface area contributed by atoms with Crippen molar-refractivity contribution in [2.24, 2.45) is 14.1 Å². The molecule has 2 aromatic rings. The molecule has 0 aliphatic carbocycles. The third-order valence-corrected chi connectivity index (χ3v) is 3.30. The Labute approximate surface area is 138 Å². The van der Waals surface area contributed by atoms with Gasteiger partial charge in [-0.1, -0.05) is 36.4 Å². The molecular formula is C18H18N2O4. The van der Waals surface area contributed by atoms with Crippen molar-refractivity contribution in [3.05, 3.63) is 80.6 Å². The summed E-state index contributed by atoms with van der Waals surface area (Å²) in [4.78, 5) is 35.1. The molecule has 0 aliphatic rings. The number of nitrogens with zero attached hydrogens (tertiary/aromatic N) is 2. The van der Waals surface area contributed by atoms with Gasteiger partial charge in [0.05, 0.1) is 5.56 Å². The van der Waals surface area contributed by atoms with E-state index < -0.39 is 17.2 Å². The average molecular weight is 326 g/mol. The molecule has 1 aromatic heterocycles. The summed E-state index contributed by atoms with van der Waals surface area (Å²) in [5, 5.41) is 0. The lowest BCUT2D eigenvalue weighted by atomic mass is 10.2. The normalized spacial score (nSPS) is 11.2. The summed E-state index contributed by atoms with van der Waals surface area (Å²) in [5.74, 6) is -0.566. The Morgan fingerprint density at radius 2 is 1.83 bits per heavy atom. The summed E-state index contributed by atoms with van der Waals surface area (Å²) in [5.41, 5.74) is 0.353. The zero-order valence-corrected chi connectivity index (χ0v) is 13.5. The molecule has 6 nitrogen and oxygen atoms in total. The number of rotatable bonds is 5. The largest absolute Gasteiger partial charge is 0.458 e. The number of aryl methyl sites for hydroxylation is 1. The van der Waals surface area contributed by atoms with Crippen LogP contribution in [-0.2, 0) is 23.6 Å². The lowest BCUT2D eigenvalue weighted by Crippen LogP contribution is -2.37. The first-order valence-corrected chi connectivity index (χ1v) is 7.32. The number of carbonyl (C=O) groups excluding carboxylic acids is 1. The van der Waals surface area contributed by atoms with Crippen molar-refractivity contribution >= 4 is 18.1 Å². The summed E-state index contributed by atoms with van der Waals surface area (Å²) in [7, 11) is 2.92. The Morgan fingerprint density at radius 1 is 1.12 bits per heavy atom. The Morgan fingerprint density at radius 3 is 2.54 bits per heavy atom. The summed E-state index contributed by atoms with van der Waals surface area (Å²) in [6.45, 7) is 0.128. The highest BCUT2D eigenvalue weighted by molar-refractivity contribution is 5.87. The lowest BCUT2D eigenvalue weighted by molar-refractivity contribution is -0.136. The van der Waals surface area contributed by atoms with Crippen molar-refractivity contribution in [1.82, 2.24) is 9.13 Å². The highest BCUT2D eigenvalue weighted by Crippen LogP contribution is 2.01. The molecule has 0 aliphatic heterocycles. The van der Waals surface area contributed by atoms with Gasteiger partial charge in [0.1, 0.15) is 6.61 Å². The molecule has 0 bridgehead atoms. The third kappa shape index (κ3) is 4.42. The van der Waals surface area contributed by atoms with E-state index in [0.717, 1.165) is 16.2 Å². The van der Waals surface area contributed by atoms with Gasteiger partial charge in [0.15, 0.2) is 0 Å². The number of esters is 1. The molecular weight excluding hydrogens is 308 g/mol. The number of benzene rings is 1. The van der Waals surface area contributed by atoms with Crippen LogP contribution in [0.2, 0.25) is 0 Å². The van der Waals surface area contributed by atoms with Crippen molar-refractivity contribution in [2.75, 3.05) is 6.61 Å². The smallest absolute Gasteiger partial charge is 0.331 e. The number of ether oxygens (including phenoxy) is 1. The summed E-state index contributed by atoms with van der Waals surface area (Å²) < 4.78 is 7.27. The van der Waals surface area contributed by atoms with E-state index in [0.29, 0.717) is 0 Å². The van der Waals surface area contributed by atoms with Crippen molar-refractivity contribution < 1.29 is 9.53 Å². The lowest BCUT2D eigenvalue weighted by Gasteiger charge is -2.03. The van der Waals surface area contributed by atoms with Crippen molar-refractivity contribution in [1.29, 1.82) is 0 Å². The number of aromatic nitrogens is 2. The van der Waals surface area contributed by atoms with Gasteiger partial charge in [0.25, 0.3) is 5.56 Å². The molecule has 124 valence electrons. The predicted octanol–water partition coefficient (Wildman–Crippen LogP) is 1.35. The van der Waals surface area contributed by atoms with Gasteiger partial charge < -0.3 is 9.30 Å². The highest BCUT2D eigenvalue weighted by atomic mass is 16.5. The first-order chi connectivity index (χ1) is 11.5. The van der Waals surface area contributed by atoms with E-state index >= 15 is 0 Å². The predicted molar refractivity (Wildman–Crippen MR) is 92.4 cm³/mol. The molecule has 2 rings (SSSR count). The topological polar surface area (TPSA) is 70.3 Å². The van der Waals surface area contributed by atoms with Crippen molar-refractivity contribution in [2.45, 2.75) is 0 Å². The standard InChI is InChI=1S/C18H18N2O4/c1-19-13-15(17(22)20(2)18(19)23)10-11-16(21)24-12-6-9-14-7-4-3-5-8-14/h3-11,13H,12H2,1-2H3. The van der Waals surface area contributed by atoms with E-state index in [1.807, 2.05) is 36.4 Å². The van der Waals surface area contributed by atoms with Crippen LogP contribution >= 0.6 is 0 Å². The average Bonchev–Trinajstić information content (AvgIpc) is 2.59. The molecule has 0 fully saturated rings. The molecule has 0 N–H and O–H groups in total. The second kappa shape index (κ2) is 7.92. The second-order valence-electron chi connectivity index (χ2n) is 5.12. The fraction of sp³-hybridized carbons (Fsp3) is 0.167. The van der Waals surface area contributed by atoms with E-state index in [2.05, 4.69) is 0 Å². The SMILES string of the molecule is Cn1cc(C=CC(=O)OCC=Cc2ccccc2)c(=O)n(C)c1=O. The molecule has 0 radical (unpaired) electrons. The van der Waals surface area contributed by atoms with Crippen LogP contribution in [0.15, 0.2) is 58.3 Å². The minimum atomic E-state index is -0.566. The van der Waals surface area contributed by atoms with E-state index in [-0.39, 0.29) is 12.2 Å². The van der Waals surface area contributed by atoms with E-state index in [9.17, 15) is 14.4 Å². The highest BCUT2D eigenvalue weighted by Gasteiger charge is 2.04. The Bertz CT molecular complexity index is 889. The molecule has 0 atom stereocenters. The zero-order chi connectivity index (χ0) is 17.5. The maximum Gasteiger partial charge on any atom is 0.331 e. The van der Waals surface area contributed by atoms with E-state index in [1.54, 1.807) is 6.08 Å². The molecule has 1 heterocycles. The van der Waals surface area contributed by atoms with Crippen LogP contribution < -0.4 is 11.2 Å². The Hall–Kier alpha value is -3.15. The van der Waals surface area contributed by atoms with E-state index in [1.165, 1.54) is 30.9 Å². The van der Waals surface area contributed by atoms with Crippen LogP contribution in [0.4, 0.5) is 0 Å². The number of hydrogen-bond acceptors (Lipinski definition) is 4. The van der Waals surface area contributed by atoms with Crippen LogP contribution in [0.25, 0.3) is 12.2 Å². The van der Waals surface area contributed by atoms with Crippen LogP contribution in [-0.4, -0.2) is 21.7 Å². The third-order valence-electron chi connectivity index (χ3n) is 3.30. The number of carbonyl (C=O) groups is 1. The zero-order valence-electron chi connectivity index (χ0n) is 13.5. The molecule has 0 unspecified atom stereocenters. The maximum absolute atomic E-state index is 11.9. The maximum atomic E-state index is 11.9. The van der Waals surface area contributed by atoms with Crippen molar-refractivity contribution in [3.63, 3.8) is 0 Å². The molecule has 1 aromatic carbocycles. The van der Waals surface area contributed by atoms with Gasteiger partial charge in [-0.05, 0) is 17.7 Å². The monoisotopic (exact) mass is 326 g/mol. The summed E-state index contributed by atoms with van der Waals surface area (Å²) in [6.07, 6.45) is 7.46. The van der Waals surface area contributed by atoms with Gasteiger partial charge in [0.2, 0.25) is 0 Å². The second-order valence-corrected chi connectivity index (χ2v) is 5.12. The fourth-order valence-corrected chi connectivity index (χ4v) is 2.04. The first-order valence-electron chi connectivity index (χ1n) is 7.32. The van der Waals surface area contributed by atoms with Crippen LogP contribution in [0.1, 0.15) is 11.1 Å². The quantitative estimate of drug-likeness (QED) is 0.614. The fourth-order valence-electron chi connectivity index (χ4n) is 2.04. The molecule has 24 heavy (non-hydrogen) atoms. The van der Waals surface area contributed by atoms with Gasteiger partial charge in [-0.15, -0.1) is 0 Å². The number of hydrogen-bond donors (Lipinski definition) is 0. The first kappa shape index (κ1) is 17.2. The van der Waals surface area contributed by atoms with Gasteiger partial charge >= 0.3 is 11.7 Å².